The predicted octanol–water partition coefficient (Wildman–Crippen LogP) is 3.02. The van der Waals surface area contributed by atoms with E-state index in [1.165, 1.54) is 0 Å². The molecule has 0 aromatic heterocycles. The Bertz CT molecular complexity index is 471. The molecule has 1 aromatic rings. The van der Waals surface area contributed by atoms with Gasteiger partial charge in [0.25, 0.3) is 0 Å². The number of aliphatic imine (C=N–C) groups is 1. The zero-order valence-electron chi connectivity index (χ0n) is 8.50. The Balaban J connectivity index is 2.29. The van der Waals surface area contributed by atoms with Crippen LogP contribution in [0.3, 0.4) is 0 Å². The molecule has 0 aliphatic carbocycles. The lowest BCUT2D eigenvalue weighted by molar-refractivity contribution is 1.03. The highest BCUT2D eigenvalue weighted by molar-refractivity contribution is 8.14. The number of nitrogens with zero attached hydrogens (tertiary/aromatic N) is 2. The first kappa shape index (κ1) is 11.8. The van der Waals surface area contributed by atoms with E-state index in [-0.39, 0.29) is 0 Å². The number of nitrogens with one attached hydrogen (secondary N) is 1. The van der Waals surface area contributed by atoms with Crippen molar-refractivity contribution in [3.05, 3.63) is 33.8 Å². The summed E-state index contributed by atoms with van der Waals surface area (Å²) in [5.41, 5.74) is 4.67. The van der Waals surface area contributed by atoms with Crippen LogP contribution in [-0.4, -0.2) is 23.7 Å². The topological polar surface area (TPSA) is 36.8 Å². The number of halogens is 2. The number of amidine groups is 1. The molecule has 1 N–H and O–H groups in total. The lowest BCUT2D eigenvalue weighted by Gasteiger charge is -2.15. The van der Waals surface area contributed by atoms with Gasteiger partial charge in [-0.2, -0.15) is 5.10 Å². The molecule has 0 saturated heterocycles. The van der Waals surface area contributed by atoms with Crippen molar-refractivity contribution in [2.45, 2.75) is 0 Å². The zero-order valence-corrected chi connectivity index (χ0v) is 10.8. The molecule has 0 radical (unpaired) electrons. The van der Waals surface area contributed by atoms with Gasteiger partial charge in [-0.1, -0.05) is 41.0 Å². The lowest BCUT2D eigenvalue weighted by Crippen LogP contribution is -2.25. The van der Waals surface area contributed by atoms with E-state index in [4.69, 9.17) is 23.2 Å². The molecule has 0 amide bonds. The summed E-state index contributed by atoms with van der Waals surface area (Å²) in [4.78, 5) is 4.02. The minimum atomic E-state index is 0.616. The van der Waals surface area contributed by atoms with Gasteiger partial charge in [-0.25, -0.2) is 0 Å². The van der Waals surface area contributed by atoms with Crippen LogP contribution in [0, 0.1) is 0 Å². The first-order valence-electron chi connectivity index (χ1n) is 4.58. The van der Waals surface area contributed by atoms with E-state index in [0.29, 0.717) is 10.0 Å². The molecule has 1 aliphatic rings. The molecule has 16 heavy (non-hydrogen) atoms. The number of hydrogen-bond donors (Lipinski definition) is 1. The minimum Gasteiger partial charge on any atom is -0.265 e. The Morgan fingerprint density at radius 2 is 2.25 bits per heavy atom. The van der Waals surface area contributed by atoms with E-state index in [2.05, 4.69) is 15.5 Å². The molecule has 0 unspecified atom stereocenters. The standard InChI is InChI=1S/C10H9Cl2N3S/c1-13-10-15-14-9(5-16-10)7-3-2-6(11)4-8(7)12/h2-4H,5H2,1H3,(H,13,15). The first-order chi connectivity index (χ1) is 7.70. The van der Waals surface area contributed by atoms with Crippen LogP contribution in [0.25, 0.3) is 0 Å². The lowest BCUT2D eigenvalue weighted by atomic mass is 10.1. The summed E-state index contributed by atoms with van der Waals surface area (Å²) in [5, 5.41) is 6.29. The van der Waals surface area contributed by atoms with Crippen molar-refractivity contribution < 1.29 is 0 Å². The third-order valence-electron chi connectivity index (χ3n) is 2.08. The molecule has 1 aliphatic heterocycles. The van der Waals surface area contributed by atoms with Crippen molar-refractivity contribution in [1.82, 2.24) is 5.43 Å². The average molecular weight is 274 g/mol. The first-order valence-corrected chi connectivity index (χ1v) is 6.32. The van der Waals surface area contributed by atoms with Gasteiger partial charge in [0.05, 0.1) is 10.7 Å². The van der Waals surface area contributed by atoms with E-state index < -0.39 is 0 Å². The van der Waals surface area contributed by atoms with Gasteiger partial charge in [-0.05, 0) is 12.1 Å². The quantitative estimate of drug-likeness (QED) is 0.854. The van der Waals surface area contributed by atoms with Crippen molar-refractivity contribution in [2.75, 3.05) is 12.8 Å². The number of hydrazone groups is 1. The molecule has 84 valence electrons. The smallest absolute Gasteiger partial charge is 0.177 e. The summed E-state index contributed by atoms with van der Waals surface area (Å²) in [5.74, 6) is 0.751. The van der Waals surface area contributed by atoms with Gasteiger partial charge < -0.3 is 0 Å². The Kier molecular flexibility index (Phi) is 3.74. The Hall–Kier alpha value is -0.710. The van der Waals surface area contributed by atoms with Gasteiger partial charge in [-0.15, -0.1) is 0 Å². The van der Waals surface area contributed by atoms with Crippen LogP contribution in [-0.2, 0) is 0 Å². The normalized spacial score (nSPS) is 18.2. The monoisotopic (exact) mass is 273 g/mol. The van der Waals surface area contributed by atoms with Gasteiger partial charge in [0.15, 0.2) is 5.17 Å². The zero-order chi connectivity index (χ0) is 11.5. The number of benzene rings is 1. The van der Waals surface area contributed by atoms with Crippen molar-refractivity contribution in [2.24, 2.45) is 10.1 Å². The fraction of sp³-hybridized carbons (Fsp3) is 0.200. The van der Waals surface area contributed by atoms with Crippen LogP contribution in [0.4, 0.5) is 0 Å². The average Bonchev–Trinajstić information content (AvgIpc) is 2.29. The van der Waals surface area contributed by atoms with Crippen molar-refractivity contribution >= 4 is 45.8 Å². The highest BCUT2D eigenvalue weighted by atomic mass is 35.5. The maximum atomic E-state index is 6.10. The van der Waals surface area contributed by atoms with Gasteiger partial charge in [0.2, 0.25) is 0 Å². The second-order valence-electron chi connectivity index (χ2n) is 3.11. The number of rotatable bonds is 1. The van der Waals surface area contributed by atoms with Gasteiger partial charge in [-0.3, -0.25) is 10.4 Å². The van der Waals surface area contributed by atoms with Crippen LogP contribution in [0.1, 0.15) is 5.56 Å². The number of thioether (sulfide) groups is 1. The fourth-order valence-corrected chi connectivity index (χ4v) is 2.54. The molecule has 0 bridgehead atoms. The maximum absolute atomic E-state index is 6.10. The molecule has 1 heterocycles. The fourth-order valence-electron chi connectivity index (χ4n) is 1.29. The third-order valence-corrected chi connectivity index (χ3v) is 3.59. The van der Waals surface area contributed by atoms with Crippen molar-refractivity contribution in [3.8, 4) is 0 Å². The van der Waals surface area contributed by atoms with Gasteiger partial charge >= 0.3 is 0 Å². The van der Waals surface area contributed by atoms with Crippen LogP contribution in [0.2, 0.25) is 10.0 Å². The molecule has 1 aromatic carbocycles. The second kappa shape index (κ2) is 5.08. The van der Waals surface area contributed by atoms with E-state index in [1.807, 2.05) is 6.07 Å². The highest BCUT2D eigenvalue weighted by Crippen LogP contribution is 2.24. The molecule has 2 rings (SSSR count). The third kappa shape index (κ3) is 2.51. The van der Waals surface area contributed by atoms with E-state index in [1.54, 1.807) is 30.9 Å². The molecule has 0 fully saturated rings. The Morgan fingerprint density at radius 3 is 2.81 bits per heavy atom. The Labute approximate surface area is 108 Å². The summed E-state index contributed by atoms with van der Waals surface area (Å²) in [6.45, 7) is 0. The van der Waals surface area contributed by atoms with Gasteiger partial charge in [0, 0.05) is 23.4 Å². The summed E-state index contributed by atoms with van der Waals surface area (Å²) >= 11 is 13.5. The molecular formula is C10H9Cl2N3S. The van der Waals surface area contributed by atoms with E-state index in [9.17, 15) is 0 Å². The summed E-state index contributed by atoms with van der Waals surface area (Å²) < 4.78 is 0. The van der Waals surface area contributed by atoms with E-state index in [0.717, 1.165) is 22.2 Å². The largest absolute Gasteiger partial charge is 0.265 e. The van der Waals surface area contributed by atoms with E-state index >= 15 is 0 Å². The SMILES string of the molecule is CN=C1NN=C(c2ccc(Cl)cc2Cl)CS1. The second-order valence-corrected chi connectivity index (χ2v) is 4.92. The molecule has 0 atom stereocenters. The molecule has 6 heteroatoms. The minimum absolute atomic E-state index is 0.616. The summed E-state index contributed by atoms with van der Waals surface area (Å²) in [6, 6.07) is 5.40. The predicted molar refractivity (Wildman–Crippen MR) is 72.0 cm³/mol. The molecule has 0 saturated carbocycles. The molecule has 3 nitrogen and oxygen atoms in total. The Morgan fingerprint density at radius 1 is 1.44 bits per heavy atom. The highest BCUT2D eigenvalue weighted by Gasteiger charge is 2.14. The summed E-state index contributed by atoms with van der Waals surface area (Å²) in [6.07, 6.45) is 0. The van der Waals surface area contributed by atoms with Crippen LogP contribution in [0.5, 0.6) is 0 Å². The van der Waals surface area contributed by atoms with Crippen molar-refractivity contribution in [3.63, 3.8) is 0 Å². The van der Waals surface area contributed by atoms with Crippen LogP contribution >= 0.6 is 35.0 Å². The number of hydrogen-bond acceptors (Lipinski definition) is 3. The van der Waals surface area contributed by atoms with Crippen LogP contribution in [0.15, 0.2) is 28.3 Å². The van der Waals surface area contributed by atoms with Crippen molar-refractivity contribution in [1.29, 1.82) is 0 Å². The molecule has 0 spiro atoms. The molecular weight excluding hydrogens is 265 g/mol. The summed E-state index contributed by atoms with van der Waals surface area (Å²) in [7, 11) is 1.73. The van der Waals surface area contributed by atoms with Crippen LogP contribution < -0.4 is 5.43 Å². The maximum Gasteiger partial charge on any atom is 0.177 e. The van der Waals surface area contributed by atoms with Gasteiger partial charge in [0.1, 0.15) is 0 Å².